The minimum absolute atomic E-state index is 0.0104. The molecule has 0 bridgehead atoms. The van der Waals surface area contributed by atoms with Gasteiger partial charge in [-0.15, -0.1) is 0 Å². The van der Waals surface area contributed by atoms with Crippen LogP contribution in [0.2, 0.25) is 10.0 Å². The highest BCUT2D eigenvalue weighted by Gasteiger charge is 2.32. The molecule has 1 heterocycles. The Kier molecular flexibility index (Phi) is 5.73. The zero-order valence-corrected chi connectivity index (χ0v) is 13.7. The average Bonchev–Trinajstić information content (AvgIpc) is 2.91. The van der Waals surface area contributed by atoms with Gasteiger partial charge >= 0.3 is 0 Å². The van der Waals surface area contributed by atoms with Gasteiger partial charge in [-0.3, -0.25) is 4.79 Å². The van der Waals surface area contributed by atoms with Crippen molar-refractivity contribution in [3.8, 4) is 5.75 Å². The van der Waals surface area contributed by atoms with E-state index >= 15 is 0 Å². The standard InChI is InChI=1S/C15H20Cl2N2O2/c1-10(21-13-7-3-6-12(16)14(13)17)15(20)19-8-4-5-11(19)9-18-2/h3,6-7,10-11,18H,4-5,8-9H2,1-2H3. The quantitative estimate of drug-likeness (QED) is 0.902. The highest BCUT2D eigenvalue weighted by atomic mass is 35.5. The van der Waals surface area contributed by atoms with Gasteiger partial charge in [-0.1, -0.05) is 29.3 Å². The minimum atomic E-state index is -0.585. The summed E-state index contributed by atoms with van der Waals surface area (Å²) in [6, 6.07) is 5.39. The van der Waals surface area contributed by atoms with E-state index in [-0.39, 0.29) is 11.9 Å². The fourth-order valence-corrected chi connectivity index (χ4v) is 2.96. The van der Waals surface area contributed by atoms with Crippen molar-refractivity contribution < 1.29 is 9.53 Å². The Hall–Kier alpha value is -0.970. The number of ether oxygens (including phenoxy) is 1. The van der Waals surface area contributed by atoms with E-state index in [0.717, 1.165) is 25.9 Å². The normalized spacial score (nSPS) is 19.6. The lowest BCUT2D eigenvalue weighted by Crippen LogP contribution is -2.46. The first-order valence-corrected chi connectivity index (χ1v) is 7.86. The summed E-state index contributed by atoms with van der Waals surface area (Å²) in [4.78, 5) is 14.4. The van der Waals surface area contributed by atoms with E-state index in [0.29, 0.717) is 15.8 Å². The highest BCUT2D eigenvalue weighted by Crippen LogP contribution is 2.32. The van der Waals surface area contributed by atoms with E-state index < -0.39 is 6.10 Å². The minimum Gasteiger partial charge on any atom is -0.479 e. The fraction of sp³-hybridized carbons (Fsp3) is 0.533. The molecule has 2 unspecified atom stereocenters. The van der Waals surface area contributed by atoms with Gasteiger partial charge in [-0.05, 0) is 38.9 Å². The van der Waals surface area contributed by atoms with Crippen LogP contribution in [0.25, 0.3) is 0 Å². The van der Waals surface area contributed by atoms with Crippen molar-refractivity contribution in [1.29, 1.82) is 0 Å². The highest BCUT2D eigenvalue weighted by molar-refractivity contribution is 6.42. The maximum atomic E-state index is 12.5. The monoisotopic (exact) mass is 330 g/mol. The molecule has 1 aliphatic rings. The summed E-state index contributed by atoms with van der Waals surface area (Å²) in [6.07, 6.45) is 1.47. The third-order valence-corrected chi connectivity index (χ3v) is 4.47. The van der Waals surface area contributed by atoms with E-state index in [4.69, 9.17) is 27.9 Å². The number of hydrogen-bond acceptors (Lipinski definition) is 3. The molecular weight excluding hydrogens is 311 g/mol. The summed E-state index contributed by atoms with van der Waals surface area (Å²) in [6.45, 7) is 3.33. The van der Waals surface area contributed by atoms with Crippen LogP contribution in [0.5, 0.6) is 5.75 Å². The molecule has 0 radical (unpaired) electrons. The van der Waals surface area contributed by atoms with Crippen LogP contribution < -0.4 is 10.1 Å². The third kappa shape index (κ3) is 3.82. The van der Waals surface area contributed by atoms with Crippen molar-refractivity contribution >= 4 is 29.1 Å². The van der Waals surface area contributed by atoms with Gasteiger partial charge in [0.1, 0.15) is 10.8 Å². The molecular formula is C15H20Cl2N2O2. The lowest BCUT2D eigenvalue weighted by atomic mass is 10.2. The average molecular weight is 331 g/mol. The summed E-state index contributed by atoms with van der Waals surface area (Å²) >= 11 is 12.0. The fourth-order valence-electron chi connectivity index (χ4n) is 2.62. The van der Waals surface area contributed by atoms with Gasteiger partial charge in [0.25, 0.3) is 5.91 Å². The van der Waals surface area contributed by atoms with E-state index in [1.165, 1.54) is 0 Å². The first-order valence-electron chi connectivity index (χ1n) is 7.10. The molecule has 1 aliphatic heterocycles. The number of carbonyl (C=O) groups is 1. The van der Waals surface area contributed by atoms with Crippen molar-refractivity contribution in [2.75, 3.05) is 20.1 Å². The maximum absolute atomic E-state index is 12.5. The molecule has 116 valence electrons. The Morgan fingerprint density at radius 1 is 1.52 bits per heavy atom. The van der Waals surface area contributed by atoms with Gasteiger partial charge in [0, 0.05) is 19.1 Å². The van der Waals surface area contributed by atoms with Gasteiger partial charge < -0.3 is 15.0 Å². The van der Waals surface area contributed by atoms with Crippen molar-refractivity contribution in [1.82, 2.24) is 10.2 Å². The zero-order chi connectivity index (χ0) is 15.4. The lowest BCUT2D eigenvalue weighted by Gasteiger charge is -2.27. The van der Waals surface area contributed by atoms with Gasteiger partial charge in [0.2, 0.25) is 0 Å². The molecule has 1 aromatic carbocycles. The second-order valence-electron chi connectivity index (χ2n) is 5.20. The van der Waals surface area contributed by atoms with E-state index in [2.05, 4.69) is 5.32 Å². The molecule has 2 atom stereocenters. The molecule has 0 aromatic heterocycles. The first-order chi connectivity index (χ1) is 10.0. The second-order valence-corrected chi connectivity index (χ2v) is 5.98. The van der Waals surface area contributed by atoms with Crippen LogP contribution in [0.4, 0.5) is 0 Å². The third-order valence-electron chi connectivity index (χ3n) is 3.67. The Bertz CT molecular complexity index is 510. The summed E-state index contributed by atoms with van der Waals surface area (Å²) in [5, 5.41) is 3.89. The topological polar surface area (TPSA) is 41.6 Å². The largest absolute Gasteiger partial charge is 0.479 e. The maximum Gasteiger partial charge on any atom is 0.263 e. The van der Waals surface area contributed by atoms with E-state index in [1.807, 2.05) is 11.9 Å². The number of hydrogen-bond donors (Lipinski definition) is 1. The number of amides is 1. The zero-order valence-electron chi connectivity index (χ0n) is 12.2. The number of nitrogens with one attached hydrogen (secondary N) is 1. The lowest BCUT2D eigenvalue weighted by molar-refractivity contribution is -0.138. The van der Waals surface area contributed by atoms with E-state index in [9.17, 15) is 4.79 Å². The number of nitrogens with zero attached hydrogens (tertiary/aromatic N) is 1. The molecule has 1 N–H and O–H groups in total. The smallest absolute Gasteiger partial charge is 0.263 e. The predicted octanol–water partition coefficient (Wildman–Crippen LogP) is 2.97. The number of likely N-dealkylation sites (N-methyl/N-ethyl adjacent to an activating group) is 1. The molecule has 1 aromatic rings. The number of likely N-dealkylation sites (tertiary alicyclic amines) is 1. The van der Waals surface area contributed by atoms with Gasteiger partial charge in [0.05, 0.1) is 5.02 Å². The molecule has 0 saturated carbocycles. The Balaban J connectivity index is 2.04. The van der Waals surface area contributed by atoms with Gasteiger partial charge in [-0.25, -0.2) is 0 Å². The molecule has 6 heteroatoms. The predicted molar refractivity (Wildman–Crippen MR) is 85.2 cm³/mol. The number of carbonyl (C=O) groups excluding carboxylic acids is 1. The van der Waals surface area contributed by atoms with Crippen molar-refractivity contribution in [2.45, 2.75) is 31.9 Å². The van der Waals surface area contributed by atoms with Crippen LogP contribution in [0.3, 0.4) is 0 Å². The molecule has 21 heavy (non-hydrogen) atoms. The molecule has 0 aliphatic carbocycles. The van der Waals surface area contributed by atoms with Crippen LogP contribution in [-0.2, 0) is 4.79 Å². The summed E-state index contributed by atoms with van der Waals surface area (Å²) in [7, 11) is 1.90. The molecule has 1 amide bonds. The summed E-state index contributed by atoms with van der Waals surface area (Å²) < 4.78 is 5.70. The Morgan fingerprint density at radius 3 is 3.00 bits per heavy atom. The second kappa shape index (κ2) is 7.34. The first kappa shape index (κ1) is 16.4. The van der Waals surface area contributed by atoms with Gasteiger partial charge in [-0.2, -0.15) is 0 Å². The molecule has 0 spiro atoms. The van der Waals surface area contributed by atoms with Crippen LogP contribution in [0.1, 0.15) is 19.8 Å². The molecule has 1 saturated heterocycles. The van der Waals surface area contributed by atoms with Crippen molar-refractivity contribution in [3.05, 3.63) is 28.2 Å². The Morgan fingerprint density at radius 2 is 2.29 bits per heavy atom. The molecule has 1 fully saturated rings. The summed E-state index contributed by atoms with van der Waals surface area (Å²) in [5.41, 5.74) is 0. The summed E-state index contributed by atoms with van der Waals surface area (Å²) in [5.74, 6) is 0.429. The SMILES string of the molecule is CNCC1CCCN1C(=O)C(C)Oc1cccc(Cl)c1Cl. The number of benzene rings is 1. The Labute approximate surface area is 135 Å². The van der Waals surface area contributed by atoms with Crippen molar-refractivity contribution in [2.24, 2.45) is 0 Å². The van der Waals surface area contributed by atoms with Crippen LogP contribution in [0, 0.1) is 0 Å². The van der Waals surface area contributed by atoms with Crippen molar-refractivity contribution in [3.63, 3.8) is 0 Å². The number of rotatable bonds is 5. The van der Waals surface area contributed by atoms with E-state index in [1.54, 1.807) is 25.1 Å². The molecule has 4 nitrogen and oxygen atoms in total. The van der Waals surface area contributed by atoms with Crippen LogP contribution in [-0.4, -0.2) is 43.1 Å². The van der Waals surface area contributed by atoms with Gasteiger partial charge in [0.15, 0.2) is 6.10 Å². The molecule has 2 rings (SSSR count). The number of halogens is 2. The van der Waals surface area contributed by atoms with Crippen LogP contribution in [0.15, 0.2) is 18.2 Å². The van der Waals surface area contributed by atoms with Crippen LogP contribution >= 0.6 is 23.2 Å².